The van der Waals surface area contributed by atoms with Crippen molar-refractivity contribution in [2.75, 3.05) is 13.3 Å². The molecule has 0 spiro atoms. The first-order valence-electron chi connectivity index (χ1n) is 15.8. The maximum atomic E-state index is 12.4. The van der Waals surface area contributed by atoms with Gasteiger partial charge in [0.05, 0.1) is 24.5 Å². The molecule has 3 aliphatic rings. The van der Waals surface area contributed by atoms with Crippen molar-refractivity contribution in [3.63, 3.8) is 0 Å². The zero-order chi connectivity index (χ0) is 30.4. The summed E-state index contributed by atoms with van der Waals surface area (Å²) in [5.74, 6) is 0.506. The Hall–Kier alpha value is -3.46. The average molecular weight is 587 g/mol. The number of carbonyl (C=O) groups is 1. The van der Waals surface area contributed by atoms with Crippen LogP contribution in [0.15, 0.2) is 71.0 Å². The number of aliphatic imine (C=N–C) groups is 1. The van der Waals surface area contributed by atoms with Gasteiger partial charge >= 0.3 is 0 Å². The normalized spacial score (nSPS) is 18.0. The lowest BCUT2D eigenvalue weighted by Crippen LogP contribution is -2.27. The predicted molar refractivity (Wildman–Crippen MR) is 170 cm³/mol. The molecular weight excluding hydrogens is 540 g/mol. The number of aryl methyl sites for hydroxylation is 1. The first-order chi connectivity index (χ1) is 20.8. The fourth-order valence-corrected chi connectivity index (χ4v) is 6.69. The van der Waals surface area contributed by atoms with Crippen LogP contribution < -0.4 is 16.2 Å². The number of rotatable bonds is 15. The highest BCUT2D eigenvalue weighted by molar-refractivity contribution is 6.10. The van der Waals surface area contributed by atoms with Crippen molar-refractivity contribution in [1.29, 1.82) is 0 Å². The number of benzene rings is 2. The van der Waals surface area contributed by atoms with E-state index in [-0.39, 0.29) is 30.1 Å². The van der Waals surface area contributed by atoms with Crippen LogP contribution in [0.3, 0.4) is 0 Å². The highest BCUT2D eigenvalue weighted by Gasteiger charge is 2.44. The molecule has 0 aromatic heterocycles. The molecular formula is C35H46N4O4. The summed E-state index contributed by atoms with van der Waals surface area (Å²) in [6.45, 7) is 3.02. The number of unbranched alkanes of at least 4 members (excludes halogenated alkanes) is 2. The number of nitrogens with zero attached hydrogens (tertiary/aromatic N) is 2. The molecule has 0 saturated heterocycles. The first kappa shape index (κ1) is 31.0. The van der Waals surface area contributed by atoms with E-state index in [1.165, 1.54) is 11.1 Å². The number of carbonyl (C=O) groups excluding carboxylic acids is 1. The molecule has 6 N–H and O–H groups in total. The van der Waals surface area contributed by atoms with Crippen molar-refractivity contribution in [3.05, 3.63) is 82.7 Å². The van der Waals surface area contributed by atoms with Crippen LogP contribution in [0.2, 0.25) is 0 Å². The summed E-state index contributed by atoms with van der Waals surface area (Å²) in [6, 6.07) is 13.6. The van der Waals surface area contributed by atoms with Crippen LogP contribution in [-0.4, -0.2) is 46.0 Å². The number of phenolic OH excluding ortho intramolecular Hbond substituents is 1. The molecule has 1 unspecified atom stereocenters. The number of aliphatic hydroxyl groups excluding tert-OH is 1. The van der Waals surface area contributed by atoms with Gasteiger partial charge in [-0.3, -0.25) is 9.79 Å². The number of fused-ring (bicyclic) bond motifs is 1. The van der Waals surface area contributed by atoms with Gasteiger partial charge in [-0.15, -0.1) is 0 Å². The Morgan fingerprint density at radius 3 is 2.72 bits per heavy atom. The topological polar surface area (TPSA) is 134 Å². The summed E-state index contributed by atoms with van der Waals surface area (Å²) < 4.78 is 6.07. The van der Waals surface area contributed by atoms with Crippen LogP contribution in [0, 0.1) is 0 Å². The van der Waals surface area contributed by atoms with Crippen molar-refractivity contribution in [1.82, 2.24) is 4.90 Å². The van der Waals surface area contributed by atoms with Gasteiger partial charge in [0.25, 0.3) is 0 Å². The molecule has 1 saturated carbocycles. The van der Waals surface area contributed by atoms with Crippen molar-refractivity contribution in [2.45, 2.75) is 95.2 Å². The molecule has 5 rings (SSSR count). The van der Waals surface area contributed by atoms with E-state index in [1.807, 2.05) is 24.4 Å². The second-order valence-corrected chi connectivity index (χ2v) is 12.3. The quantitative estimate of drug-likeness (QED) is 0.159. The van der Waals surface area contributed by atoms with E-state index in [0.717, 1.165) is 67.4 Å². The molecule has 2 aromatic rings. The van der Waals surface area contributed by atoms with E-state index in [9.17, 15) is 15.0 Å². The zero-order valence-electron chi connectivity index (χ0n) is 25.3. The predicted octanol–water partition coefficient (Wildman–Crippen LogP) is 5.53. The van der Waals surface area contributed by atoms with Crippen LogP contribution in [0.25, 0.3) is 0 Å². The van der Waals surface area contributed by atoms with Crippen LogP contribution in [0.1, 0.15) is 94.0 Å². The fourth-order valence-electron chi connectivity index (χ4n) is 6.69. The Kier molecular flexibility index (Phi) is 10.0. The Bertz CT molecular complexity index is 1390. The van der Waals surface area contributed by atoms with Crippen LogP contribution in [0.4, 0.5) is 0 Å². The SMILES string of the molecule is CCCCCC(O)CC(=O)CCc1ccc(O)c(OCN2C=C3C(C4(c5cccc(C(N)N)c5)CCCC4)=CN=C3C2)c1. The average Bonchev–Trinajstić information content (AvgIpc) is 3.73. The van der Waals surface area contributed by atoms with Gasteiger partial charge in [-0.1, -0.05) is 69.4 Å². The third kappa shape index (κ3) is 7.20. The summed E-state index contributed by atoms with van der Waals surface area (Å²) in [5.41, 5.74) is 18.4. The summed E-state index contributed by atoms with van der Waals surface area (Å²) in [4.78, 5) is 19.3. The Labute approximate surface area is 255 Å². The molecule has 230 valence electrons. The number of aliphatic hydroxyl groups is 1. The number of phenols is 1. The number of ether oxygens (including phenoxy) is 1. The van der Waals surface area contributed by atoms with E-state index in [1.54, 1.807) is 12.1 Å². The highest BCUT2D eigenvalue weighted by atomic mass is 16.5. The molecule has 1 fully saturated rings. The lowest BCUT2D eigenvalue weighted by molar-refractivity contribution is -0.121. The van der Waals surface area contributed by atoms with Gasteiger partial charge in [0.15, 0.2) is 18.2 Å². The summed E-state index contributed by atoms with van der Waals surface area (Å²) in [5, 5.41) is 20.6. The second kappa shape index (κ2) is 13.9. The van der Waals surface area contributed by atoms with Crippen molar-refractivity contribution in [3.8, 4) is 11.5 Å². The van der Waals surface area contributed by atoms with Gasteiger partial charge in [0.1, 0.15) is 5.78 Å². The molecule has 2 heterocycles. The standard InChI is InChI=1S/C35H46N4O4/c1-2-3-4-10-27(40)19-28(41)13-11-24-12-14-32(42)33(17-24)43-23-39-21-29-30(20-38-31(29)22-39)35(15-5-6-16-35)26-9-7-8-25(18-26)34(36)37/h7-9,12,14,17-18,20-21,27,34,40,42H,2-6,10-11,13,15-16,19,22-23,36-37H2,1H3. The maximum absolute atomic E-state index is 12.4. The molecule has 2 aromatic carbocycles. The Morgan fingerprint density at radius 2 is 1.95 bits per heavy atom. The van der Waals surface area contributed by atoms with E-state index in [0.29, 0.717) is 31.6 Å². The molecule has 0 amide bonds. The lowest BCUT2D eigenvalue weighted by Gasteiger charge is -2.32. The van der Waals surface area contributed by atoms with Gasteiger partial charge in [-0.25, -0.2) is 0 Å². The van der Waals surface area contributed by atoms with Gasteiger partial charge in [-0.05, 0) is 60.1 Å². The number of Topliss-reactive ketones (excluding diaryl/α,β-unsaturated/α-hetero) is 1. The minimum absolute atomic E-state index is 0.0528. The zero-order valence-corrected chi connectivity index (χ0v) is 25.3. The third-order valence-corrected chi connectivity index (χ3v) is 9.12. The summed E-state index contributed by atoms with van der Waals surface area (Å²) in [7, 11) is 0. The van der Waals surface area contributed by atoms with Gasteiger partial charge < -0.3 is 31.3 Å². The second-order valence-electron chi connectivity index (χ2n) is 12.3. The minimum Gasteiger partial charge on any atom is -0.504 e. The molecule has 2 aliphatic heterocycles. The summed E-state index contributed by atoms with van der Waals surface area (Å²) >= 11 is 0. The van der Waals surface area contributed by atoms with E-state index < -0.39 is 12.3 Å². The van der Waals surface area contributed by atoms with Gasteiger partial charge in [-0.2, -0.15) is 0 Å². The van der Waals surface area contributed by atoms with Crippen LogP contribution >= 0.6 is 0 Å². The number of hydrogen-bond donors (Lipinski definition) is 4. The first-order valence-corrected chi connectivity index (χ1v) is 15.8. The molecule has 43 heavy (non-hydrogen) atoms. The van der Waals surface area contributed by atoms with Crippen LogP contribution in [-0.2, 0) is 16.6 Å². The maximum Gasteiger partial charge on any atom is 0.163 e. The molecule has 1 aliphatic carbocycles. The van der Waals surface area contributed by atoms with E-state index in [2.05, 4.69) is 30.2 Å². The molecule has 1 atom stereocenters. The van der Waals surface area contributed by atoms with E-state index >= 15 is 0 Å². The minimum atomic E-state index is -0.565. The van der Waals surface area contributed by atoms with Crippen LogP contribution in [0.5, 0.6) is 11.5 Å². The van der Waals surface area contributed by atoms with E-state index in [4.69, 9.17) is 21.2 Å². The largest absolute Gasteiger partial charge is 0.504 e. The number of ketones is 1. The molecule has 0 bridgehead atoms. The monoisotopic (exact) mass is 586 g/mol. The van der Waals surface area contributed by atoms with Gasteiger partial charge in [0, 0.05) is 36.2 Å². The van der Waals surface area contributed by atoms with Gasteiger partial charge in [0.2, 0.25) is 0 Å². The van der Waals surface area contributed by atoms with Crippen molar-refractivity contribution < 1.29 is 19.7 Å². The Balaban J connectivity index is 1.21. The summed E-state index contributed by atoms with van der Waals surface area (Å²) in [6.07, 6.45) is 12.4. The smallest absolute Gasteiger partial charge is 0.163 e. The van der Waals surface area contributed by atoms with Crippen molar-refractivity contribution >= 4 is 11.5 Å². The highest BCUT2D eigenvalue weighted by Crippen LogP contribution is 2.51. The molecule has 0 radical (unpaired) electrons. The number of aromatic hydroxyl groups is 1. The number of allylic oxidation sites excluding steroid dienone is 1. The Morgan fingerprint density at radius 1 is 1.14 bits per heavy atom. The molecule has 8 nitrogen and oxygen atoms in total. The lowest BCUT2D eigenvalue weighted by atomic mass is 9.70. The number of nitrogens with two attached hydrogens (primary N) is 2. The molecule has 8 heteroatoms. The fraction of sp³-hybridized carbons (Fsp3) is 0.486. The van der Waals surface area contributed by atoms with Crippen molar-refractivity contribution in [2.24, 2.45) is 16.5 Å². The number of hydrogen-bond acceptors (Lipinski definition) is 8. The third-order valence-electron chi connectivity index (χ3n) is 9.12.